The Balaban J connectivity index is 3.27. The third-order valence-corrected chi connectivity index (χ3v) is 1.26. The Hall–Kier alpha value is -0.850. The van der Waals surface area contributed by atoms with Crippen molar-refractivity contribution in [3.8, 4) is 0 Å². The molecule has 0 unspecified atom stereocenters. The third-order valence-electron chi connectivity index (χ3n) is 1.26. The SMILES string of the molecule is C=C/C=C/CCC(=O)CC. The van der Waals surface area contributed by atoms with E-state index in [4.69, 9.17) is 0 Å². The number of Topliss-reactive ketones (excluding diaryl/α,β-unsaturated/α-hetero) is 1. The normalized spacial score (nSPS) is 10.1. The van der Waals surface area contributed by atoms with Crippen molar-refractivity contribution in [2.24, 2.45) is 0 Å². The van der Waals surface area contributed by atoms with Gasteiger partial charge in [-0.05, 0) is 6.42 Å². The van der Waals surface area contributed by atoms with Gasteiger partial charge in [-0.2, -0.15) is 0 Å². The van der Waals surface area contributed by atoms with Gasteiger partial charge in [-0.1, -0.05) is 31.7 Å². The minimum Gasteiger partial charge on any atom is -0.300 e. The minimum atomic E-state index is 0.328. The number of allylic oxidation sites excluding steroid dienone is 3. The summed E-state index contributed by atoms with van der Waals surface area (Å²) < 4.78 is 0. The fraction of sp³-hybridized carbons (Fsp3) is 0.444. The summed E-state index contributed by atoms with van der Waals surface area (Å²) in [6.07, 6.45) is 7.71. The Morgan fingerprint density at radius 1 is 1.60 bits per heavy atom. The number of carbonyl (C=O) groups excluding carboxylic acids is 1. The Bertz CT molecular complexity index is 134. The minimum absolute atomic E-state index is 0.328. The molecule has 0 fully saturated rings. The van der Waals surface area contributed by atoms with Crippen LogP contribution in [0.4, 0.5) is 0 Å². The quantitative estimate of drug-likeness (QED) is 0.533. The average molecular weight is 138 g/mol. The first kappa shape index (κ1) is 9.15. The van der Waals surface area contributed by atoms with Crippen molar-refractivity contribution < 1.29 is 4.79 Å². The van der Waals surface area contributed by atoms with Gasteiger partial charge in [0.15, 0.2) is 0 Å². The summed E-state index contributed by atoms with van der Waals surface area (Å²) >= 11 is 0. The molecule has 0 aromatic carbocycles. The molecular formula is C9H14O. The largest absolute Gasteiger partial charge is 0.300 e. The predicted octanol–water partition coefficient (Wildman–Crippen LogP) is 2.49. The molecule has 0 saturated carbocycles. The van der Waals surface area contributed by atoms with E-state index in [1.54, 1.807) is 6.08 Å². The molecule has 1 nitrogen and oxygen atoms in total. The lowest BCUT2D eigenvalue weighted by Gasteiger charge is -1.89. The third kappa shape index (κ3) is 5.29. The van der Waals surface area contributed by atoms with Gasteiger partial charge < -0.3 is 0 Å². The van der Waals surface area contributed by atoms with Crippen LogP contribution in [0.15, 0.2) is 24.8 Å². The van der Waals surface area contributed by atoms with Gasteiger partial charge in [0.2, 0.25) is 0 Å². The summed E-state index contributed by atoms with van der Waals surface area (Å²) in [6, 6.07) is 0. The molecule has 0 spiro atoms. The summed E-state index contributed by atoms with van der Waals surface area (Å²) in [5.74, 6) is 0.328. The summed E-state index contributed by atoms with van der Waals surface area (Å²) in [4.78, 5) is 10.7. The van der Waals surface area contributed by atoms with E-state index in [2.05, 4.69) is 6.58 Å². The molecule has 0 bridgehead atoms. The van der Waals surface area contributed by atoms with Gasteiger partial charge in [-0.15, -0.1) is 0 Å². The van der Waals surface area contributed by atoms with Gasteiger partial charge in [0.05, 0.1) is 0 Å². The second-order valence-corrected chi connectivity index (χ2v) is 2.09. The van der Waals surface area contributed by atoms with Crippen LogP contribution in [0.1, 0.15) is 26.2 Å². The van der Waals surface area contributed by atoms with Crippen LogP contribution in [0, 0.1) is 0 Å². The van der Waals surface area contributed by atoms with Crippen molar-refractivity contribution in [1.82, 2.24) is 0 Å². The smallest absolute Gasteiger partial charge is 0.132 e. The molecule has 0 rings (SSSR count). The van der Waals surface area contributed by atoms with E-state index in [-0.39, 0.29) is 0 Å². The molecule has 10 heavy (non-hydrogen) atoms. The molecular weight excluding hydrogens is 124 g/mol. The van der Waals surface area contributed by atoms with E-state index in [1.807, 2.05) is 19.1 Å². The van der Waals surface area contributed by atoms with Crippen molar-refractivity contribution >= 4 is 5.78 Å². The fourth-order valence-electron chi connectivity index (χ4n) is 0.614. The molecule has 0 heterocycles. The molecule has 0 aliphatic heterocycles. The lowest BCUT2D eigenvalue weighted by molar-refractivity contribution is -0.118. The lowest BCUT2D eigenvalue weighted by atomic mass is 10.2. The summed E-state index contributed by atoms with van der Waals surface area (Å²) in [5, 5.41) is 0. The van der Waals surface area contributed by atoms with Crippen molar-refractivity contribution in [2.75, 3.05) is 0 Å². The Labute approximate surface area is 62.4 Å². The molecule has 1 heteroatoms. The molecule has 0 aliphatic carbocycles. The zero-order valence-corrected chi connectivity index (χ0v) is 6.47. The van der Waals surface area contributed by atoms with Gasteiger partial charge in [-0.25, -0.2) is 0 Å². The highest BCUT2D eigenvalue weighted by Crippen LogP contribution is 1.95. The fourth-order valence-corrected chi connectivity index (χ4v) is 0.614. The molecule has 56 valence electrons. The summed E-state index contributed by atoms with van der Waals surface area (Å²) in [7, 11) is 0. The Morgan fingerprint density at radius 3 is 2.80 bits per heavy atom. The molecule has 0 saturated heterocycles. The predicted molar refractivity (Wildman–Crippen MR) is 43.9 cm³/mol. The Kier molecular flexibility index (Phi) is 5.74. The monoisotopic (exact) mass is 138 g/mol. The second kappa shape index (κ2) is 6.27. The van der Waals surface area contributed by atoms with E-state index in [9.17, 15) is 4.79 Å². The topological polar surface area (TPSA) is 17.1 Å². The number of hydrogen-bond acceptors (Lipinski definition) is 1. The van der Waals surface area contributed by atoms with E-state index in [1.165, 1.54) is 0 Å². The van der Waals surface area contributed by atoms with Gasteiger partial charge in [0.1, 0.15) is 5.78 Å². The van der Waals surface area contributed by atoms with Crippen molar-refractivity contribution in [3.05, 3.63) is 24.8 Å². The van der Waals surface area contributed by atoms with Gasteiger partial charge >= 0.3 is 0 Å². The van der Waals surface area contributed by atoms with E-state index in [0.29, 0.717) is 18.6 Å². The van der Waals surface area contributed by atoms with Crippen LogP contribution in [0.25, 0.3) is 0 Å². The van der Waals surface area contributed by atoms with E-state index < -0.39 is 0 Å². The first-order valence-corrected chi connectivity index (χ1v) is 3.60. The molecule has 0 atom stereocenters. The van der Waals surface area contributed by atoms with Crippen molar-refractivity contribution in [3.63, 3.8) is 0 Å². The van der Waals surface area contributed by atoms with Crippen LogP contribution in [0.3, 0.4) is 0 Å². The van der Waals surface area contributed by atoms with E-state index >= 15 is 0 Å². The molecule has 0 aromatic heterocycles. The second-order valence-electron chi connectivity index (χ2n) is 2.09. The molecule has 0 N–H and O–H groups in total. The van der Waals surface area contributed by atoms with Crippen molar-refractivity contribution in [1.29, 1.82) is 0 Å². The van der Waals surface area contributed by atoms with E-state index in [0.717, 1.165) is 6.42 Å². The van der Waals surface area contributed by atoms with Crippen LogP contribution in [-0.4, -0.2) is 5.78 Å². The zero-order valence-electron chi connectivity index (χ0n) is 6.47. The highest BCUT2D eigenvalue weighted by Gasteiger charge is 1.93. The highest BCUT2D eigenvalue weighted by molar-refractivity contribution is 5.78. The number of carbonyl (C=O) groups is 1. The maximum absolute atomic E-state index is 10.7. The van der Waals surface area contributed by atoms with Crippen molar-refractivity contribution in [2.45, 2.75) is 26.2 Å². The zero-order chi connectivity index (χ0) is 7.82. The summed E-state index contributed by atoms with van der Waals surface area (Å²) in [6.45, 7) is 5.41. The number of rotatable bonds is 5. The van der Waals surface area contributed by atoms with Crippen LogP contribution in [-0.2, 0) is 4.79 Å². The molecule has 0 aromatic rings. The maximum atomic E-state index is 10.7. The molecule has 0 amide bonds. The highest BCUT2D eigenvalue weighted by atomic mass is 16.1. The first-order chi connectivity index (χ1) is 4.81. The molecule has 0 radical (unpaired) electrons. The lowest BCUT2D eigenvalue weighted by Crippen LogP contribution is -1.92. The maximum Gasteiger partial charge on any atom is 0.132 e. The van der Waals surface area contributed by atoms with Gasteiger partial charge in [0.25, 0.3) is 0 Å². The number of hydrogen-bond donors (Lipinski definition) is 0. The van der Waals surface area contributed by atoms with Gasteiger partial charge in [-0.3, -0.25) is 4.79 Å². The van der Waals surface area contributed by atoms with Crippen LogP contribution < -0.4 is 0 Å². The standard InChI is InChI=1S/C9H14O/c1-3-5-6-7-8-9(10)4-2/h3,5-6H,1,4,7-8H2,2H3/b6-5+. The number of ketones is 1. The summed E-state index contributed by atoms with van der Waals surface area (Å²) in [5.41, 5.74) is 0. The molecule has 0 aliphatic rings. The van der Waals surface area contributed by atoms with Crippen LogP contribution >= 0.6 is 0 Å². The van der Waals surface area contributed by atoms with Crippen LogP contribution in [0.2, 0.25) is 0 Å². The Morgan fingerprint density at radius 2 is 2.30 bits per heavy atom. The van der Waals surface area contributed by atoms with Gasteiger partial charge in [0, 0.05) is 12.8 Å². The van der Waals surface area contributed by atoms with Crippen LogP contribution in [0.5, 0.6) is 0 Å². The average Bonchev–Trinajstić information content (AvgIpc) is 1.98. The first-order valence-electron chi connectivity index (χ1n) is 3.60.